The second-order valence-electron chi connectivity index (χ2n) is 4.43. The molecule has 0 aromatic heterocycles. The van der Waals surface area contributed by atoms with Gasteiger partial charge in [-0.15, -0.1) is 0 Å². The van der Waals surface area contributed by atoms with Gasteiger partial charge in [0.25, 0.3) is 0 Å². The lowest BCUT2D eigenvalue weighted by Crippen LogP contribution is -2.26. The van der Waals surface area contributed by atoms with Crippen LogP contribution in [0.5, 0.6) is 5.75 Å². The molecule has 1 unspecified atom stereocenters. The Hall–Kier alpha value is -1.11. The molecule has 2 rings (SSSR count). The van der Waals surface area contributed by atoms with Crippen molar-refractivity contribution in [2.45, 2.75) is 6.10 Å². The molecule has 21 heavy (non-hydrogen) atoms. The summed E-state index contributed by atoms with van der Waals surface area (Å²) in [7, 11) is 0. The largest absolute Gasteiger partial charge is 0.491 e. The maximum absolute atomic E-state index is 13.1. The van der Waals surface area contributed by atoms with Gasteiger partial charge >= 0.3 is 0 Å². The van der Waals surface area contributed by atoms with Gasteiger partial charge in [-0.25, -0.2) is 4.39 Å². The second kappa shape index (κ2) is 7.77. The Labute approximate surface area is 139 Å². The highest BCUT2D eigenvalue weighted by Crippen LogP contribution is 2.20. The average Bonchev–Trinajstić information content (AvgIpc) is 2.48. The van der Waals surface area contributed by atoms with E-state index in [1.54, 1.807) is 12.1 Å². The summed E-state index contributed by atoms with van der Waals surface area (Å²) in [6, 6.07) is 12.0. The zero-order chi connectivity index (χ0) is 15.2. The first-order valence-electron chi connectivity index (χ1n) is 6.30. The van der Waals surface area contributed by atoms with Crippen molar-refractivity contribution in [3.63, 3.8) is 0 Å². The summed E-state index contributed by atoms with van der Waals surface area (Å²) >= 11 is 6.46. The molecule has 1 atom stereocenters. The topological polar surface area (TPSA) is 41.5 Å². The van der Waals surface area contributed by atoms with Gasteiger partial charge in [0.15, 0.2) is 0 Å². The molecule has 0 saturated heterocycles. The van der Waals surface area contributed by atoms with Crippen LogP contribution in [0.1, 0.15) is 0 Å². The van der Waals surface area contributed by atoms with Crippen LogP contribution in [0.25, 0.3) is 0 Å². The smallest absolute Gasteiger partial charge is 0.137 e. The van der Waals surface area contributed by atoms with Crippen molar-refractivity contribution in [2.24, 2.45) is 0 Å². The SMILES string of the molecule is OC(CNc1ccc(F)c(Br)c1)COc1ccc(Br)cc1. The van der Waals surface area contributed by atoms with Crippen molar-refractivity contribution < 1.29 is 14.2 Å². The van der Waals surface area contributed by atoms with Crippen molar-refractivity contribution in [1.29, 1.82) is 0 Å². The molecule has 0 spiro atoms. The van der Waals surface area contributed by atoms with E-state index >= 15 is 0 Å². The van der Waals surface area contributed by atoms with Crippen molar-refractivity contribution in [3.05, 3.63) is 57.2 Å². The third-order valence-corrected chi connectivity index (χ3v) is 3.85. The fourth-order valence-electron chi connectivity index (χ4n) is 1.62. The van der Waals surface area contributed by atoms with Crippen molar-refractivity contribution in [3.8, 4) is 5.75 Å². The maximum Gasteiger partial charge on any atom is 0.137 e. The first kappa shape index (κ1) is 16.3. The minimum atomic E-state index is -0.669. The number of benzene rings is 2. The molecule has 0 saturated carbocycles. The Kier molecular flexibility index (Phi) is 6.02. The van der Waals surface area contributed by atoms with Crippen molar-refractivity contribution >= 4 is 37.5 Å². The van der Waals surface area contributed by atoms with Gasteiger partial charge in [-0.2, -0.15) is 0 Å². The van der Waals surface area contributed by atoms with Gasteiger partial charge in [0.2, 0.25) is 0 Å². The van der Waals surface area contributed by atoms with Gasteiger partial charge in [0.05, 0.1) is 4.47 Å². The van der Waals surface area contributed by atoms with E-state index in [1.165, 1.54) is 6.07 Å². The zero-order valence-electron chi connectivity index (χ0n) is 11.0. The number of aliphatic hydroxyl groups is 1. The van der Waals surface area contributed by atoms with Crippen molar-refractivity contribution in [1.82, 2.24) is 0 Å². The number of nitrogens with one attached hydrogen (secondary N) is 1. The highest BCUT2D eigenvalue weighted by Gasteiger charge is 2.06. The van der Waals surface area contributed by atoms with E-state index in [-0.39, 0.29) is 12.4 Å². The lowest BCUT2D eigenvalue weighted by molar-refractivity contribution is 0.117. The van der Waals surface area contributed by atoms with Crippen molar-refractivity contribution in [2.75, 3.05) is 18.5 Å². The number of hydrogen-bond acceptors (Lipinski definition) is 3. The molecule has 0 fully saturated rings. The first-order valence-corrected chi connectivity index (χ1v) is 7.88. The van der Waals surface area contributed by atoms with Gasteiger partial charge in [0, 0.05) is 16.7 Å². The van der Waals surface area contributed by atoms with Gasteiger partial charge in [-0.3, -0.25) is 0 Å². The highest BCUT2D eigenvalue weighted by atomic mass is 79.9. The molecule has 2 N–H and O–H groups in total. The van der Waals surface area contributed by atoms with Gasteiger partial charge < -0.3 is 15.2 Å². The minimum absolute atomic E-state index is 0.178. The molecular formula is C15H14Br2FNO2. The van der Waals surface area contributed by atoms with Crippen LogP contribution in [-0.4, -0.2) is 24.4 Å². The fraction of sp³-hybridized carbons (Fsp3) is 0.200. The van der Waals surface area contributed by atoms with Crippen LogP contribution in [-0.2, 0) is 0 Å². The van der Waals surface area contributed by atoms with Crippen LogP contribution >= 0.6 is 31.9 Å². The van der Waals surface area contributed by atoms with Crippen LogP contribution < -0.4 is 10.1 Å². The van der Waals surface area contributed by atoms with E-state index in [0.29, 0.717) is 16.8 Å². The third kappa shape index (κ3) is 5.30. The summed E-state index contributed by atoms with van der Waals surface area (Å²) in [5.41, 5.74) is 0.728. The minimum Gasteiger partial charge on any atom is -0.491 e. The number of anilines is 1. The number of rotatable bonds is 6. The molecule has 3 nitrogen and oxygen atoms in total. The normalized spacial score (nSPS) is 12.0. The number of ether oxygens (including phenoxy) is 1. The molecule has 6 heteroatoms. The van der Waals surface area contributed by atoms with E-state index in [0.717, 1.165) is 10.2 Å². The molecule has 0 radical (unpaired) electrons. The van der Waals surface area contributed by atoms with Crippen LogP contribution in [0.2, 0.25) is 0 Å². The summed E-state index contributed by atoms with van der Waals surface area (Å²) in [5, 5.41) is 12.9. The molecule has 0 aliphatic heterocycles. The number of hydrogen-bond donors (Lipinski definition) is 2. The highest BCUT2D eigenvalue weighted by molar-refractivity contribution is 9.10. The molecule has 0 aliphatic carbocycles. The zero-order valence-corrected chi connectivity index (χ0v) is 14.2. The Morgan fingerprint density at radius 2 is 1.86 bits per heavy atom. The van der Waals surface area contributed by atoms with E-state index in [2.05, 4.69) is 37.2 Å². The number of aliphatic hydroxyl groups excluding tert-OH is 1. The summed E-state index contributed by atoms with van der Waals surface area (Å²) in [4.78, 5) is 0. The molecular weight excluding hydrogens is 405 g/mol. The summed E-state index contributed by atoms with van der Waals surface area (Å²) in [6.07, 6.45) is -0.669. The van der Waals surface area contributed by atoms with Crippen LogP contribution in [0.15, 0.2) is 51.4 Å². The van der Waals surface area contributed by atoms with Gasteiger partial charge in [-0.1, -0.05) is 15.9 Å². The molecule has 112 valence electrons. The second-order valence-corrected chi connectivity index (χ2v) is 6.20. The third-order valence-electron chi connectivity index (χ3n) is 2.72. The van der Waals surface area contributed by atoms with E-state index in [1.807, 2.05) is 24.3 Å². The quantitative estimate of drug-likeness (QED) is 0.738. The first-order chi connectivity index (χ1) is 10.0. The van der Waals surface area contributed by atoms with E-state index in [9.17, 15) is 9.50 Å². The van der Waals surface area contributed by atoms with Gasteiger partial charge in [-0.05, 0) is 58.4 Å². The monoisotopic (exact) mass is 417 g/mol. The summed E-state index contributed by atoms with van der Waals surface area (Å²) in [6.45, 7) is 0.492. The Bertz CT molecular complexity index is 593. The molecule has 0 amide bonds. The molecule has 0 bridgehead atoms. The summed E-state index contributed by atoms with van der Waals surface area (Å²) in [5.74, 6) is 0.376. The lowest BCUT2D eigenvalue weighted by atomic mass is 10.3. The van der Waals surface area contributed by atoms with Gasteiger partial charge in [0.1, 0.15) is 24.3 Å². The van der Waals surface area contributed by atoms with Crippen LogP contribution in [0, 0.1) is 5.82 Å². The average molecular weight is 419 g/mol. The van der Waals surface area contributed by atoms with Crippen LogP contribution in [0.4, 0.5) is 10.1 Å². The molecule has 2 aromatic carbocycles. The Morgan fingerprint density at radius 3 is 2.52 bits per heavy atom. The molecule has 2 aromatic rings. The summed E-state index contributed by atoms with van der Waals surface area (Å²) < 4.78 is 19.9. The number of halogens is 3. The standard InChI is InChI=1S/C15H14Br2FNO2/c16-10-1-4-13(5-2-10)21-9-12(20)8-19-11-3-6-15(18)14(17)7-11/h1-7,12,19-20H,8-9H2. The molecule has 0 aliphatic rings. The van der Waals surface area contributed by atoms with E-state index < -0.39 is 6.10 Å². The van der Waals surface area contributed by atoms with E-state index in [4.69, 9.17) is 4.74 Å². The van der Waals surface area contributed by atoms with Crippen LogP contribution in [0.3, 0.4) is 0 Å². The predicted molar refractivity (Wildman–Crippen MR) is 88.2 cm³/mol. The Morgan fingerprint density at radius 1 is 1.14 bits per heavy atom. The Balaban J connectivity index is 1.77. The fourth-order valence-corrected chi connectivity index (χ4v) is 2.27. The lowest BCUT2D eigenvalue weighted by Gasteiger charge is -2.14. The maximum atomic E-state index is 13.1. The molecule has 0 heterocycles. The predicted octanol–water partition coefficient (Wildman–Crippen LogP) is 4.20.